The third kappa shape index (κ3) is 8.66. The van der Waals surface area contributed by atoms with Crippen LogP contribution in [0.4, 0.5) is 0 Å². The van der Waals surface area contributed by atoms with E-state index in [2.05, 4.69) is 46.5 Å². The number of ether oxygens (including phenoxy) is 2. The molecule has 0 radical (unpaired) electrons. The lowest BCUT2D eigenvalue weighted by molar-refractivity contribution is 0.0268. The lowest BCUT2D eigenvalue weighted by Gasteiger charge is -2.31. The summed E-state index contributed by atoms with van der Waals surface area (Å²) in [6.45, 7) is 11.8. The van der Waals surface area contributed by atoms with Crippen LogP contribution in [-0.4, -0.2) is 63.9 Å². The van der Waals surface area contributed by atoms with Crippen molar-refractivity contribution >= 4 is 29.9 Å². The fraction of sp³-hybridized carbons (Fsp3) is 0.650. The zero-order valence-corrected chi connectivity index (χ0v) is 20.2. The first-order chi connectivity index (χ1) is 12.4. The van der Waals surface area contributed by atoms with Crippen molar-refractivity contribution in [2.75, 3.05) is 47.4 Å². The Kier molecular flexibility index (Phi) is 12.7. The van der Waals surface area contributed by atoms with Crippen molar-refractivity contribution in [3.63, 3.8) is 0 Å². The fourth-order valence-corrected chi connectivity index (χ4v) is 2.75. The van der Waals surface area contributed by atoms with Gasteiger partial charge in [-0.3, -0.25) is 9.89 Å². The van der Waals surface area contributed by atoms with Crippen molar-refractivity contribution in [2.45, 2.75) is 39.3 Å². The van der Waals surface area contributed by atoms with Gasteiger partial charge in [-0.15, -0.1) is 24.0 Å². The third-order valence-electron chi connectivity index (χ3n) is 4.65. The summed E-state index contributed by atoms with van der Waals surface area (Å²) in [5, 5.41) is 6.79. The average Bonchev–Trinajstić information content (AvgIpc) is 2.67. The van der Waals surface area contributed by atoms with Gasteiger partial charge in [0, 0.05) is 27.2 Å². The minimum Gasteiger partial charge on any atom is -0.497 e. The van der Waals surface area contributed by atoms with E-state index in [1.165, 1.54) is 5.56 Å². The van der Waals surface area contributed by atoms with Gasteiger partial charge in [0.25, 0.3) is 0 Å². The van der Waals surface area contributed by atoms with Crippen LogP contribution in [0.3, 0.4) is 0 Å². The molecule has 1 unspecified atom stereocenters. The van der Waals surface area contributed by atoms with E-state index in [1.54, 1.807) is 21.3 Å². The van der Waals surface area contributed by atoms with Gasteiger partial charge in [-0.2, -0.15) is 0 Å². The Morgan fingerprint density at radius 3 is 2.37 bits per heavy atom. The molecule has 0 heterocycles. The number of rotatable bonds is 10. The molecular weight excluding hydrogens is 455 g/mol. The van der Waals surface area contributed by atoms with Crippen LogP contribution >= 0.6 is 24.0 Å². The number of guanidine groups is 1. The topological polar surface area (TPSA) is 58.1 Å². The molecule has 1 aromatic rings. The summed E-state index contributed by atoms with van der Waals surface area (Å²) in [7, 11) is 5.21. The van der Waals surface area contributed by atoms with Gasteiger partial charge in [-0.1, -0.05) is 26.0 Å². The van der Waals surface area contributed by atoms with Crippen LogP contribution in [0, 0.1) is 0 Å². The van der Waals surface area contributed by atoms with Crippen LogP contribution in [0.25, 0.3) is 0 Å². The summed E-state index contributed by atoms with van der Waals surface area (Å²) in [5.74, 6) is 1.65. The van der Waals surface area contributed by atoms with Crippen molar-refractivity contribution in [1.82, 2.24) is 15.5 Å². The quantitative estimate of drug-likeness (QED) is 0.298. The molecule has 0 bridgehead atoms. The van der Waals surface area contributed by atoms with Crippen LogP contribution in [-0.2, 0) is 4.74 Å². The summed E-state index contributed by atoms with van der Waals surface area (Å²) in [6.07, 6.45) is 0. The standard InChI is InChI=1S/C20H36N4O2.HI/c1-8-24(9-2)18(16-11-10-12-17(13-16)25-6)14-22-19(21-5)23-15-20(3,4)26-7;/h10-13,18H,8-9,14-15H2,1-7H3,(H2,21,22,23);1H. The summed E-state index contributed by atoms with van der Waals surface area (Å²) in [6, 6.07) is 8.50. The predicted octanol–water partition coefficient (Wildman–Crippen LogP) is 3.29. The number of likely N-dealkylation sites (N-methyl/N-ethyl adjacent to an activating group) is 1. The largest absolute Gasteiger partial charge is 0.497 e. The van der Waals surface area contributed by atoms with Crippen LogP contribution in [0.15, 0.2) is 29.3 Å². The molecule has 0 fully saturated rings. The third-order valence-corrected chi connectivity index (χ3v) is 4.65. The highest BCUT2D eigenvalue weighted by Crippen LogP contribution is 2.23. The van der Waals surface area contributed by atoms with E-state index in [-0.39, 0.29) is 35.6 Å². The van der Waals surface area contributed by atoms with E-state index in [0.717, 1.165) is 31.3 Å². The van der Waals surface area contributed by atoms with Crippen LogP contribution in [0.5, 0.6) is 5.75 Å². The van der Waals surface area contributed by atoms with Gasteiger partial charge >= 0.3 is 0 Å². The highest BCUT2D eigenvalue weighted by atomic mass is 127. The Hall–Kier alpha value is -1.06. The SMILES string of the molecule is CCN(CC)C(CNC(=NC)NCC(C)(C)OC)c1cccc(OC)c1.I. The number of methoxy groups -OCH3 is 2. The van der Waals surface area contributed by atoms with E-state index in [0.29, 0.717) is 6.54 Å². The Bertz CT molecular complexity index is 563. The molecule has 0 spiro atoms. The first kappa shape index (κ1) is 25.9. The van der Waals surface area contributed by atoms with Gasteiger partial charge in [0.15, 0.2) is 5.96 Å². The maximum Gasteiger partial charge on any atom is 0.191 e. The highest BCUT2D eigenvalue weighted by Gasteiger charge is 2.20. The van der Waals surface area contributed by atoms with Gasteiger partial charge in [0.05, 0.1) is 18.8 Å². The van der Waals surface area contributed by atoms with Gasteiger partial charge in [-0.05, 0) is 44.6 Å². The smallest absolute Gasteiger partial charge is 0.191 e. The zero-order valence-electron chi connectivity index (χ0n) is 17.8. The number of halogens is 1. The molecule has 0 saturated heterocycles. The summed E-state index contributed by atoms with van der Waals surface area (Å²) >= 11 is 0. The predicted molar refractivity (Wildman–Crippen MR) is 125 cm³/mol. The van der Waals surface area contributed by atoms with Crippen molar-refractivity contribution < 1.29 is 9.47 Å². The molecular formula is C20H37IN4O2. The van der Waals surface area contributed by atoms with E-state index in [9.17, 15) is 0 Å². The lowest BCUT2D eigenvalue weighted by atomic mass is 10.0. The Morgan fingerprint density at radius 1 is 1.19 bits per heavy atom. The minimum atomic E-state index is -0.247. The molecule has 0 aromatic heterocycles. The molecule has 6 nitrogen and oxygen atoms in total. The molecule has 0 saturated carbocycles. The summed E-state index contributed by atoms with van der Waals surface area (Å²) < 4.78 is 10.9. The first-order valence-electron chi connectivity index (χ1n) is 9.28. The molecule has 0 aliphatic rings. The van der Waals surface area contributed by atoms with Crippen molar-refractivity contribution in [1.29, 1.82) is 0 Å². The van der Waals surface area contributed by atoms with Crippen molar-refractivity contribution in [3.05, 3.63) is 29.8 Å². The number of aliphatic imine (C=N–C) groups is 1. The number of benzene rings is 1. The molecule has 1 atom stereocenters. The van der Waals surface area contributed by atoms with Crippen molar-refractivity contribution in [2.24, 2.45) is 4.99 Å². The molecule has 0 aliphatic heterocycles. The van der Waals surface area contributed by atoms with Crippen LogP contribution < -0.4 is 15.4 Å². The highest BCUT2D eigenvalue weighted by molar-refractivity contribution is 14.0. The molecule has 0 amide bonds. The second-order valence-corrected chi connectivity index (χ2v) is 6.78. The second-order valence-electron chi connectivity index (χ2n) is 6.78. The maximum absolute atomic E-state index is 5.46. The van der Waals surface area contributed by atoms with Gasteiger partial charge in [0.1, 0.15) is 5.75 Å². The zero-order chi connectivity index (χ0) is 19.6. The number of nitrogens with zero attached hydrogens (tertiary/aromatic N) is 2. The van der Waals surface area contributed by atoms with Gasteiger partial charge in [0.2, 0.25) is 0 Å². The molecule has 1 aromatic carbocycles. The lowest BCUT2D eigenvalue weighted by Crippen LogP contribution is -2.47. The molecule has 2 N–H and O–H groups in total. The normalized spacial score (nSPS) is 13.1. The van der Waals surface area contributed by atoms with Crippen LogP contribution in [0.1, 0.15) is 39.3 Å². The Labute approximate surface area is 182 Å². The first-order valence-corrected chi connectivity index (χ1v) is 9.28. The minimum absolute atomic E-state index is 0. The van der Waals surface area contributed by atoms with Gasteiger partial charge < -0.3 is 20.1 Å². The van der Waals surface area contributed by atoms with Crippen molar-refractivity contribution in [3.8, 4) is 5.75 Å². The van der Waals surface area contributed by atoms with E-state index >= 15 is 0 Å². The Balaban J connectivity index is 0.00000676. The molecule has 7 heteroatoms. The van der Waals surface area contributed by atoms with Gasteiger partial charge in [-0.25, -0.2) is 0 Å². The maximum atomic E-state index is 5.46. The van der Waals surface area contributed by atoms with E-state index < -0.39 is 0 Å². The summed E-state index contributed by atoms with van der Waals surface area (Å²) in [4.78, 5) is 6.76. The molecule has 27 heavy (non-hydrogen) atoms. The molecule has 0 aliphatic carbocycles. The Morgan fingerprint density at radius 2 is 1.85 bits per heavy atom. The monoisotopic (exact) mass is 492 g/mol. The number of hydrogen-bond acceptors (Lipinski definition) is 4. The second kappa shape index (κ2) is 13.2. The summed E-state index contributed by atoms with van der Waals surface area (Å²) in [5.41, 5.74) is 0.983. The molecule has 156 valence electrons. The number of nitrogens with one attached hydrogen (secondary N) is 2. The van der Waals surface area contributed by atoms with E-state index in [1.807, 2.05) is 26.0 Å². The fourth-order valence-electron chi connectivity index (χ4n) is 2.75. The number of hydrogen-bond donors (Lipinski definition) is 2. The molecule has 1 rings (SSSR count). The average molecular weight is 492 g/mol. The van der Waals surface area contributed by atoms with E-state index in [4.69, 9.17) is 9.47 Å². The van der Waals surface area contributed by atoms with Crippen LogP contribution in [0.2, 0.25) is 0 Å².